The van der Waals surface area contributed by atoms with E-state index >= 15 is 0 Å². The number of aliphatic carboxylic acids is 1. The summed E-state index contributed by atoms with van der Waals surface area (Å²) in [6.45, 7) is 9.04. The third kappa shape index (κ3) is 2.76. The molecule has 0 radical (unpaired) electrons. The number of hydrogen-bond acceptors (Lipinski definition) is 3. The van der Waals surface area contributed by atoms with Crippen molar-refractivity contribution in [2.75, 3.05) is 6.61 Å². The Morgan fingerprint density at radius 2 is 2.12 bits per heavy atom. The summed E-state index contributed by atoms with van der Waals surface area (Å²) in [6, 6.07) is 0. The number of carbonyl (C=O) groups excluding carboxylic acids is 1. The molecule has 2 atom stereocenters. The molecule has 0 aliphatic carbocycles. The Morgan fingerprint density at radius 1 is 1.50 bits per heavy atom. The summed E-state index contributed by atoms with van der Waals surface area (Å²) in [5, 5.41) is 10.9. The van der Waals surface area contributed by atoms with Crippen molar-refractivity contribution in [3.63, 3.8) is 0 Å². The molecule has 0 unspecified atom stereocenters. The smallest absolute Gasteiger partial charge is 0.0657 e. The highest BCUT2D eigenvalue weighted by molar-refractivity contribution is 5.65. The van der Waals surface area contributed by atoms with E-state index < -0.39 is 5.97 Å². The molecular formula is C13H23O3-. The van der Waals surface area contributed by atoms with Gasteiger partial charge in [0.1, 0.15) is 0 Å². The van der Waals surface area contributed by atoms with Crippen molar-refractivity contribution < 1.29 is 14.6 Å². The zero-order chi connectivity index (χ0) is 12.4. The highest BCUT2D eigenvalue weighted by Gasteiger charge is 2.44. The lowest BCUT2D eigenvalue weighted by Gasteiger charge is -2.49. The van der Waals surface area contributed by atoms with E-state index in [0.717, 1.165) is 19.3 Å². The molecule has 0 spiro atoms. The summed E-state index contributed by atoms with van der Waals surface area (Å²) in [4.78, 5) is 10.9. The number of hydrogen-bond donors (Lipinski definition) is 0. The molecule has 1 aliphatic heterocycles. The van der Waals surface area contributed by atoms with Crippen molar-refractivity contribution >= 4 is 5.97 Å². The van der Waals surface area contributed by atoms with Gasteiger partial charge in [0, 0.05) is 12.6 Å². The predicted octanol–water partition coefficient (Wildman–Crippen LogP) is 1.75. The third-order valence-corrected chi connectivity index (χ3v) is 4.25. The second-order valence-electron chi connectivity index (χ2n) is 5.64. The maximum Gasteiger partial charge on any atom is 0.0657 e. The molecule has 0 aromatic heterocycles. The van der Waals surface area contributed by atoms with Crippen molar-refractivity contribution in [3.05, 3.63) is 0 Å². The van der Waals surface area contributed by atoms with Gasteiger partial charge in [-0.25, -0.2) is 0 Å². The first-order valence-electron chi connectivity index (χ1n) is 6.17. The number of carboxylic acids is 1. The number of carbonyl (C=O) groups is 1. The van der Waals surface area contributed by atoms with E-state index in [1.807, 2.05) is 0 Å². The van der Waals surface area contributed by atoms with Crippen molar-refractivity contribution in [2.45, 2.75) is 59.0 Å². The first-order chi connectivity index (χ1) is 7.33. The van der Waals surface area contributed by atoms with E-state index in [1.54, 1.807) is 0 Å². The first kappa shape index (κ1) is 13.5. The van der Waals surface area contributed by atoms with Gasteiger partial charge in [-0.15, -0.1) is 0 Å². The van der Waals surface area contributed by atoms with E-state index in [-0.39, 0.29) is 17.4 Å². The van der Waals surface area contributed by atoms with Crippen LogP contribution in [0.5, 0.6) is 0 Å². The van der Waals surface area contributed by atoms with Gasteiger partial charge >= 0.3 is 0 Å². The third-order valence-electron chi connectivity index (χ3n) is 4.25. The van der Waals surface area contributed by atoms with Crippen molar-refractivity contribution in [1.29, 1.82) is 0 Å². The van der Waals surface area contributed by atoms with Crippen LogP contribution in [0.3, 0.4) is 0 Å². The molecule has 16 heavy (non-hydrogen) atoms. The van der Waals surface area contributed by atoms with Crippen LogP contribution in [0.2, 0.25) is 0 Å². The van der Waals surface area contributed by atoms with Crippen LogP contribution < -0.4 is 5.11 Å². The van der Waals surface area contributed by atoms with Gasteiger partial charge in [0.15, 0.2) is 0 Å². The lowest BCUT2D eigenvalue weighted by atomic mass is 9.64. The van der Waals surface area contributed by atoms with Crippen LogP contribution >= 0.6 is 0 Å². The largest absolute Gasteiger partial charge is 0.550 e. The quantitative estimate of drug-likeness (QED) is 0.735. The van der Waals surface area contributed by atoms with Gasteiger partial charge in [-0.05, 0) is 43.9 Å². The number of carboxylic acid groups (broad SMARTS) is 1. The van der Waals surface area contributed by atoms with Gasteiger partial charge in [0.2, 0.25) is 0 Å². The van der Waals surface area contributed by atoms with E-state index in [1.165, 1.54) is 0 Å². The van der Waals surface area contributed by atoms with E-state index in [0.29, 0.717) is 12.5 Å². The SMILES string of the molecule is CC[C@@]1(C)C[C@](CC(=O)[O-])(C(C)C)CCO1. The molecule has 0 saturated carbocycles. The second kappa shape index (κ2) is 4.74. The van der Waals surface area contributed by atoms with Crippen LogP contribution in [0.4, 0.5) is 0 Å². The zero-order valence-corrected chi connectivity index (χ0v) is 10.8. The Labute approximate surface area is 98.2 Å². The fraction of sp³-hybridized carbons (Fsp3) is 0.923. The predicted molar refractivity (Wildman–Crippen MR) is 60.8 cm³/mol. The summed E-state index contributed by atoms with van der Waals surface area (Å²) in [6.07, 6.45) is 2.73. The van der Waals surface area contributed by atoms with Crippen molar-refractivity contribution in [1.82, 2.24) is 0 Å². The normalized spacial score (nSPS) is 35.3. The molecule has 0 aromatic rings. The first-order valence-corrected chi connectivity index (χ1v) is 6.17. The minimum absolute atomic E-state index is 0.151. The van der Waals surface area contributed by atoms with Gasteiger partial charge in [-0.1, -0.05) is 20.8 Å². The highest BCUT2D eigenvalue weighted by Crippen LogP contribution is 2.47. The van der Waals surface area contributed by atoms with Crippen LogP contribution in [0.1, 0.15) is 53.4 Å². The maximum absolute atomic E-state index is 10.9. The van der Waals surface area contributed by atoms with Crippen LogP contribution in [0.25, 0.3) is 0 Å². The number of ether oxygens (including phenoxy) is 1. The van der Waals surface area contributed by atoms with E-state index in [2.05, 4.69) is 27.7 Å². The van der Waals surface area contributed by atoms with Crippen molar-refractivity contribution in [3.8, 4) is 0 Å². The van der Waals surface area contributed by atoms with Crippen molar-refractivity contribution in [2.24, 2.45) is 11.3 Å². The minimum Gasteiger partial charge on any atom is -0.550 e. The molecule has 94 valence electrons. The molecule has 1 aliphatic rings. The van der Waals surface area contributed by atoms with Crippen LogP contribution in [-0.4, -0.2) is 18.2 Å². The fourth-order valence-corrected chi connectivity index (χ4v) is 2.75. The zero-order valence-electron chi connectivity index (χ0n) is 10.8. The minimum atomic E-state index is -0.936. The molecular weight excluding hydrogens is 204 g/mol. The number of rotatable bonds is 4. The molecule has 1 saturated heterocycles. The average molecular weight is 227 g/mol. The van der Waals surface area contributed by atoms with Crippen LogP contribution in [0.15, 0.2) is 0 Å². The second-order valence-corrected chi connectivity index (χ2v) is 5.64. The highest BCUT2D eigenvalue weighted by atomic mass is 16.5. The van der Waals surface area contributed by atoms with Crippen LogP contribution in [-0.2, 0) is 9.53 Å². The van der Waals surface area contributed by atoms with E-state index in [4.69, 9.17) is 4.74 Å². The summed E-state index contributed by atoms with van der Waals surface area (Å²) in [7, 11) is 0. The molecule has 0 bridgehead atoms. The Hall–Kier alpha value is -0.570. The van der Waals surface area contributed by atoms with Gasteiger partial charge in [-0.3, -0.25) is 0 Å². The van der Waals surface area contributed by atoms with E-state index in [9.17, 15) is 9.90 Å². The lowest BCUT2D eigenvalue weighted by molar-refractivity contribution is -0.310. The molecule has 0 amide bonds. The van der Waals surface area contributed by atoms with Gasteiger partial charge < -0.3 is 14.6 Å². The fourth-order valence-electron chi connectivity index (χ4n) is 2.75. The average Bonchev–Trinajstić information content (AvgIpc) is 2.16. The Balaban J connectivity index is 2.88. The topological polar surface area (TPSA) is 49.4 Å². The van der Waals surface area contributed by atoms with Gasteiger partial charge in [0.05, 0.1) is 5.60 Å². The Kier molecular flexibility index (Phi) is 4.00. The Morgan fingerprint density at radius 3 is 2.56 bits per heavy atom. The summed E-state index contributed by atoms with van der Waals surface area (Å²) in [5.41, 5.74) is -0.320. The molecule has 3 heteroatoms. The summed E-state index contributed by atoms with van der Waals surface area (Å²) >= 11 is 0. The summed E-state index contributed by atoms with van der Waals surface area (Å²) < 4.78 is 5.79. The molecule has 3 nitrogen and oxygen atoms in total. The Bertz CT molecular complexity index is 262. The van der Waals surface area contributed by atoms with Crippen LogP contribution in [0, 0.1) is 11.3 Å². The van der Waals surface area contributed by atoms with Gasteiger partial charge in [-0.2, -0.15) is 0 Å². The molecule has 1 rings (SSSR count). The lowest BCUT2D eigenvalue weighted by Crippen LogP contribution is -2.48. The molecule has 0 N–H and O–H groups in total. The monoisotopic (exact) mass is 227 g/mol. The molecule has 1 heterocycles. The maximum atomic E-state index is 10.9. The summed E-state index contributed by atoms with van der Waals surface area (Å²) in [5.74, 6) is -0.589. The molecule has 1 fully saturated rings. The van der Waals surface area contributed by atoms with Gasteiger partial charge in [0.25, 0.3) is 0 Å². The standard InChI is InChI=1S/C13H24O3/c1-5-12(4)9-13(10(2)3,6-7-16-12)8-11(14)15/h10H,5-9H2,1-4H3,(H,14,15)/p-1/t12-,13-/m0/s1. The molecule has 0 aromatic carbocycles.